The highest BCUT2D eigenvalue weighted by molar-refractivity contribution is 5.71. The van der Waals surface area contributed by atoms with Crippen LogP contribution >= 0.6 is 0 Å². The lowest BCUT2D eigenvalue weighted by molar-refractivity contribution is -0.385. The molecule has 1 aromatic rings. The van der Waals surface area contributed by atoms with Crippen molar-refractivity contribution in [3.8, 4) is 0 Å². The van der Waals surface area contributed by atoms with E-state index in [-0.39, 0.29) is 23.1 Å². The number of nitro benzene ring substituents is 1. The number of hydrogen-bond donors (Lipinski definition) is 0. The smallest absolute Gasteiger partial charge is 0.320 e. The lowest BCUT2D eigenvalue weighted by Crippen LogP contribution is -2.30. The van der Waals surface area contributed by atoms with Gasteiger partial charge in [0, 0.05) is 18.2 Å². The minimum atomic E-state index is -0.388. The Morgan fingerprint density at radius 3 is 2.65 bits per heavy atom. The summed E-state index contributed by atoms with van der Waals surface area (Å²) >= 11 is 0. The molecule has 0 saturated carbocycles. The average Bonchev–Trinajstić information content (AvgIpc) is 2.40. The number of ether oxygens (including phenoxy) is 1. The van der Waals surface area contributed by atoms with Crippen molar-refractivity contribution in [2.75, 3.05) is 19.7 Å². The Hall–Kier alpha value is -1.95. The van der Waals surface area contributed by atoms with Gasteiger partial charge in [0.05, 0.1) is 18.1 Å². The van der Waals surface area contributed by atoms with Crippen LogP contribution < -0.4 is 0 Å². The minimum Gasteiger partial charge on any atom is -0.465 e. The first-order chi connectivity index (χ1) is 9.49. The summed E-state index contributed by atoms with van der Waals surface area (Å²) in [7, 11) is 0. The first-order valence-electron chi connectivity index (χ1n) is 6.60. The van der Waals surface area contributed by atoms with Gasteiger partial charge in [0.1, 0.15) is 0 Å². The number of carbonyl (C=O) groups is 1. The van der Waals surface area contributed by atoms with Gasteiger partial charge >= 0.3 is 5.97 Å². The van der Waals surface area contributed by atoms with E-state index in [0.717, 1.165) is 5.56 Å². The predicted octanol–water partition coefficient (Wildman–Crippen LogP) is 2.29. The Bertz CT molecular complexity index is 488. The second-order valence-electron chi connectivity index (χ2n) is 4.43. The number of carbonyl (C=O) groups excluding carboxylic acids is 1. The third kappa shape index (κ3) is 4.31. The van der Waals surface area contributed by atoms with Gasteiger partial charge in [-0.25, -0.2) is 0 Å². The lowest BCUT2D eigenvalue weighted by Gasteiger charge is -2.20. The summed E-state index contributed by atoms with van der Waals surface area (Å²) in [5, 5.41) is 10.9. The SMILES string of the molecule is CCOC(=O)CN(CC)Cc1cccc([N+](=O)[O-])c1C. The van der Waals surface area contributed by atoms with Crippen molar-refractivity contribution in [3.05, 3.63) is 39.4 Å². The van der Waals surface area contributed by atoms with Gasteiger partial charge in [0.25, 0.3) is 5.69 Å². The third-order valence-corrected chi connectivity index (χ3v) is 3.11. The molecule has 0 aliphatic carbocycles. The average molecular weight is 280 g/mol. The normalized spacial score (nSPS) is 10.6. The number of hydrogen-bond acceptors (Lipinski definition) is 5. The van der Waals surface area contributed by atoms with Crippen LogP contribution in [-0.4, -0.2) is 35.5 Å². The molecule has 20 heavy (non-hydrogen) atoms. The fraction of sp³-hybridized carbons (Fsp3) is 0.500. The number of likely N-dealkylation sites (N-methyl/N-ethyl adjacent to an activating group) is 1. The van der Waals surface area contributed by atoms with Crippen molar-refractivity contribution in [3.63, 3.8) is 0 Å². The molecule has 6 nitrogen and oxygen atoms in total. The number of nitro groups is 1. The van der Waals surface area contributed by atoms with E-state index in [0.29, 0.717) is 25.3 Å². The fourth-order valence-electron chi connectivity index (χ4n) is 1.95. The van der Waals surface area contributed by atoms with Gasteiger partial charge in [-0.15, -0.1) is 0 Å². The van der Waals surface area contributed by atoms with Crippen molar-refractivity contribution in [1.29, 1.82) is 0 Å². The van der Waals surface area contributed by atoms with E-state index in [1.807, 2.05) is 17.9 Å². The molecule has 0 saturated heterocycles. The predicted molar refractivity (Wildman–Crippen MR) is 75.4 cm³/mol. The van der Waals surface area contributed by atoms with Crippen LogP contribution in [0.5, 0.6) is 0 Å². The molecule has 0 heterocycles. The minimum absolute atomic E-state index is 0.106. The molecule has 110 valence electrons. The molecule has 6 heteroatoms. The van der Waals surface area contributed by atoms with Crippen molar-refractivity contribution < 1.29 is 14.5 Å². The second-order valence-corrected chi connectivity index (χ2v) is 4.43. The fourth-order valence-corrected chi connectivity index (χ4v) is 1.95. The van der Waals surface area contributed by atoms with Gasteiger partial charge in [-0.05, 0) is 26.0 Å². The number of benzene rings is 1. The Balaban J connectivity index is 2.82. The molecule has 1 aromatic carbocycles. The van der Waals surface area contributed by atoms with Crippen molar-refractivity contribution in [2.45, 2.75) is 27.3 Å². The van der Waals surface area contributed by atoms with Crippen molar-refractivity contribution in [1.82, 2.24) is 4.90 Å². The van der Waals surface area contributed by atoms with Crippen molar-refractivity contribution >= 4 is 11.7 Å². The van der Waals surface area contributed by atoms with E-state index < -0.39 is 0 Å². The largest absolute Gasteiger partial charge is 0.465 e. The van der Waals surface area contributed by atoms with Crippen LogP contribution in [0.4, 0.5) is 5.69 Å². The number of esters is 1. The maximum absolute atomic E-state index is 11.5. The molecule has 0 atom stereocenters. The molecule has 0 fully saturated rings. The molecule has 0 aliphatic heterocycles. The van der Waals surface area contributed by atoms with Gasteiger partial charge in [0.15, 0.2) is 0 Å². The van der Waals surface area contributed by atoms with Crippen LogP contribution in [-0.2, 0) is 16.1 Å². The lowest BCUT2D eigenvalue weighted by atomic mass is 10.1. The van der Waals surface area contributed by atoms with E-state index in [9.17, 15) is 14.9 Å². The highest BCUT2D eigenvalue weighted by Crippen LogP contribution is 2.22. The van der Waals surface area contributed by atoms with E-state index in [1.165, 1.54) is 6.07 Å². The summed E-state index contributed by atoms with van der Waals surface area (Å²) in [5.74, 6) is -0.280. The maximum Gasteiger partial charge on any atom is 0.320 e. The van der Waals surface area contributed by atoms with Crippen LogP contribution in [0.2, 0.25) is 0 Å². The number of rotatable bonds is 7. The zero-order valence-corrected chi connectivity index (χ0v) is 12.1. The standard InChI is InChI=1S/C14H20N2O4/c1-4-15(10-14(17)20-5-2)9-12-7-6-8-13(11(12)3)16(18)19/h6-8H,4-5,9-10H2,1-3H3. The molecule has 0 aromatic heterocycles. The van der Waals surface area contributed by atoms with Crippen LogP contribution in [0.1, 0.15) is 25.0 Å². The van der Waals surface area contributed by atoms with E-state index in [2.05, 4.69) is 0 Å². The molecule has 0 aliphatic rings. The van der Waals surface area contributed by atoms with Gasteiger partial charge in [-0.1, -0.05) is 19.1 Å². The van der Waals surface area contributed by atoms with Gasteiger partial charge in [0.2, 0.25) is 0 Å². The second kappa shape index (κ2) is 7.59. The summed E-state index contributed by atoms with van der Waals surface area (Å²) < 4.78 is 4.92. The molecule has 0 unspecified atom stereocenters. The molecule has 0 spiro atoms. The van der Waals surface area contributed by atoms with Crippen LogP contribution in [0, 0.1) is 17.0 Å². The summed E-state index contributed by atoms with van der Waals surface area (Å²) in [6, 6.07) is 5.00. The summed E-state index contributed by atoms with van der Waals surface area (Å²) in [4.78, 5) is 23.9. The molecule has 1 rings (SSSR count). The van der Waals surface area contributed by atoms with Gasteiger partial charge in [-0.2, -0.15) is 0 Å². The van der Waals surface area contributed by atoms with Gasteiger partial charge < -0.3 is 4.74 Å². The quantitative estimate of drug-likeness (QED) is 0.435. The van der Waals surface area contributed by atoms with Crippen LogP contribution in [0.25, 0.3) is 0 Å². The highest BCUT2D eigenvalue weighted by Gasteiger charge is 2.16. The molecule has 0 N–H and O–H groups in total. The van der Waals surface area contributed by atoms with E-state index in [1.54, 1.807) is 19.9 Å². The molecular formula is C14H20N2O4. The Labute approximate surface area is 118 Å². The zero-order valence-electron chi connectivity index (χ0n) is 12.1. The first kappa shape index (κ1) is 16.1. The topological polar surface area (TPSA) is 72.7 Å². The molecule has 0 bridgehead atoms. The van der Waals surface area contributed by atoms with Crippen LogP contribution in [0.3, 0.4) is 0 Å². The Kier molecular flexibility index (Phi) is 6.11. The first-order valence-corrected chi connectivity index (χ1v) is 6.60. The molecule has 0 radical (unpaired) electrons. The van der Waals surface area contributed by atoms with E-state index >= 15 is 0 Å². The molecule has 0 amide bonds. The summed E-state index contributed by atoms with van der Waals surface area (Å²) in [6.07, 6.45) is 0. The zero-order chi connectivity index (χ0) is 15.1. The summed E-state index contributed by atoms with van der Waals surface area (Å²) in [6.45, 7) is 7.12. The van der Waals surface area contributed by atoms with E-state index in [4.69, 9.17) is 4.74 Å². The van der Waals surface area contributed by atoms with Crippen LogP contribution in [0.15, 0.2) is 18.2 Å². The Morgan fingerprint density at radius 1 is 1.40 bits per heavy atom. The molecular weight excluding hydrogens is 260 g/mol. The Morgan fingerprint density at radius 2 is 2.10 bits per heavy atom. The van der Waals surface area contributed by atoms with Gasteiger partial charge in [-0.3, -0.25) is 19.8 Å². The monoisotopic (exact) mass is 280 g/mol. The third-order valence-electron chi connectivity index (χ3n) is 3.11. The summed E-state index contributed by atoms with van der Waals surface area (Å²) in [5.41, 5.74) is 1.60. The maximum atomic E-state index is 11.5. The highest BCUT2D eigenvalue weighted by atomic mass is 16.6. The number of nitrogens with zero attached hydrogens (tertiary/aromatic N) is 2. The van der Waals surface area contributed by atoms with Crippen molar-refractivity contribution in [2.24, 2.45) is 0 Å².